The van der Waals surface area contributed by atoms with Crippen LogP contribution >= 0.6 is 11.6 Å². The van der Waals surface area contributed by atoms with E-state index >= 15 is 0 Å². The van der Waals surface area contributed by atoms with E-state index in [1.165, 1.54) is 12.2 Å². The van der Waals surface area contributed by atoms with Crippen molar-refractivity contribution in [2.45, 2.75) is 25.8 Å². The van der Waals surface area contributed by atoms with E-state index in [0.717, 1.165) is 29.3 Å². The Hall–Kier alpha value is -1.56. The van der Waals surface area contributed by atoms with Crippen LogP contribution < -0.4 is 0 Å². The summed E-state index contributed by atoms with van der Waals surface area (Å²) in [7, 11) is 1.53. The van der Waals surface area contributed by atoms with Crippen LogP contribution in [-0.2, 0) is 9.57 Å². The van der Waals surface area contributed by atoms with Gasteiger partial charge in [-0.1, -0.05) is 17.7 Å². The number of aromatic amines is 1. The molecule has 118 valence electrons. The van der Waals surface area contributed by atoms with Crippen molar-refractivity contribution in [3.63, 3.8) is 0 Å². The fourth-order valence-electron chi connectivity index (χ4n) is 2.95. The van der Waals surface area contributed by atoms with Gasteiger partial charge in [-0.3, -0.25) is 9.63 Å². The van der Waals surface area contributed by atoms with Crippen LogP contribution in [0.2, 0.25) is 5.02 Å². The second-order valence-electron chi connectivity index (χ2n) is 5.47. The van der Waals surface area contributed by atoms with Gasteiger partial charge in [-0.25, -0.2) is 5.06 Å². The van der Waals surface area contributed by atoms with Crippen molar-refractivity contribution in [2.24, 2.45) is 0 Å². The van der Waals surface area contributed by atoms with Gasteiger partial charge in [0.2, 0.25) is 0 Å². The van der Waals surface area contributed by atoms with Crippen molar-refractivity contribution in [1.29, 1.82) is 0 Å². The molecule has 0 aliphatic carbocycles. The summed E-state index contributed by atoms with van der Waals surface area (Å²) in [5.41, 5.74) is 2.31. The first-order chi connectivity index (χ1) is 10.6. The summed E-state index contributed by atoms with van der Waals surface area (Å²) in [6.45, 7) is 3.23. The highest BCUT2D eigenvalue weighted by Crippen LogP contribution is 2.26. The highest BCUT2D eigenvalue weighted by molar-refractivity contribution is 6.31. The lowest BCUT2D eigenvalue weighted by atomic mass is 10.1. The highest BCUT2D eigenvalue weighted by atomic mass is 35.5. The van der Waals surface area contributed by atoms with Crippen LogP contribution in [0.15, 0.2) is 18.2 Å². The average Bonchev–Trinajstić information content (AvgIpc) is 2.85. The Balaban J connectivity index is 1.94. The van der Waals surface area contributed by atoms with Crippen LogP contribution in [0.25, 0.3) is 10.9 Å². The predicted octanol–water partition coefficient (Wildman–Crippen LogP) is 3.31. The number of ether oxygens (including phenoxy) is 1. The number of hydroxylamine groups is 2. The largest absolute Gasteiger partial charge is 0.381 e. The van der Waals surface area contributed by atoms with E-state index in [2.05, 4.69) is 4.98 Å². The summed E-state index contributed by atoms with van der Waals surface area (Å²) in [5.74, 6) is -0.153. The maximum Gasteiger partial charge on any atom is 0.294 e. The van der Waals surface area contributed by atoms with Gasteiger partial charge in [0.05, 0.1) is 13.2 Å². The number of aryl methyl sites for hydroxylation is 1. The van der Waals surface area contributed by atoms with Gasteiger partial charge in [0.1, 0.15) is 5.69 Å². The molecule has 1 N–H and O–H groups in total. The van der Waals surface area contributed by atoms with E-state index in [4.69, 9.17) is 21.2 Å². The molecule has 0 unspecified atom stereocenters. The van der Waals surface area contributed by atoms with Crippen LogP contribution in [0.5, 0.6) is 0 Å². The molecule has 1 aliphatic rings. The van der Waals surface area contributed by atoms with Crippen LogP contribution in [0.3, 0.4) is 0 Å². The summed E-state index contributed by atoms with van der Waals surface area (Å²) in [4.78, 5) is 21.4. The zero-order valence-corrected chi connectivity index (χ0v) is 13.4. The Labute approximate surface area is 134 Å². The zero-order valence-electron chi connectivity index (χ0n) is 12.7. The number of carbonyl (C=O) groups is 1. The standard InChI is InChI=1S/C16H19ClN2O3/c1-10-13-4-3-11(17)9-14(13)18-15(10)16(20)19(21-2)12-5-7-22-8-6-12/h3-4,9,12,18H,5-8H2,1-2H3. The average molecular weight is 323 g/mol. The molecule has 6 heteroatoms. The molecule has 0 saturated carbocycles. The van der Waals surface area contributed by atoms with Crippen LogP contribution in [0.1, 0.15) is 28.9 Å². The minimum atomic E-state index is -0.153. The summed E-state index contributed by atoms with van der Waals surface area (Å²) in [6.07, 6.45) is 1.56. The number of amides is 1. The van der Waals surface area contributed by atoms with Crippen LogP contribution in [0, 0.1) is 6.92 Å². The lowest BCUT2D eigenvalue weighted by Crippen LogP contribution is -2.43. The van der Waals surface area contributed by atoms with Crippen molar-refractivity contribution in [1.82, 2.24) is 10.0 Å². The van der Waals surface area contributed by atoms with E-state index in [-0.39, 0.29) is 11.9 Å². The van der Waals surface area contributed by atoms with E-state index in [0.29, 0.717) is 23.9 Å². The molecule has 2 heterocycles. The molecule has 1 fully saturated rings. The van der Waals surface area contributed by atoms with Crippen molar-refractivity contribution < 1.29 is 14.4 Å². The Bertz CT molecular complexity index is 692. The Morgan fingerprint density at radius 3 is 2.82 bits per heavy atom. The molecule has 0 bridgehead atoms. The van der Waals surface area contributed by atoms with E-state index in [1.54, 1.807) is 0 Å². The number of H-pyrrole nitrogens is 1. The maximum absolute atomic E-state index is 12.8. The molecule has 1 aliphatic heterocycles. The normalized spacial score (nSPS) is 16.1. The molecule has 2 aromatic rings. The first-order valence-electron chi connectivity index (χ1n) is 7.35. The number of nitrogens with one attached hydrogen (secondary N) is 1. The van der Waals surface area contributed by atoms with E-state index in [9.17, 15) is 4.79 Å². The molecule has 1 amide bonds. The number of nitrogens with zero attached hydrogens (tertiary/aromatic N) is 1. The number of hydrogen-bond donors (Lipinski definition) is 1. The van der Waals surface area contributed by atoms with Gasteiger partial charge >= 0.3 is 0 Å². The Morgan fingerprint density at radius 2 is 2.14 bits per heavy atom. The van der Waals surface area contributed by atoms with E-state index < -0.39 is 0 Å². The number of rotatable bonds is 3. The second-order valence-corrected chi connectivity index (χ2v) is 5.91. The zero-order chi connectivity index (χ0) is 15.7. The maximum atomic E-state index is 12.8. The summed E-state index contributed by atoms with van der Waals surface area (Å²) >= 11 is 6.02. The van der Waals surface area contributed by atoms with Crippen molar-refractivity contribution in [2.75, 3.05) is 20.3 Å². The van der Waals surface area contributed by atoms with Crippen LogP contribution in [-0.4, -0.2) is 42.3 Å². The first-order valence-corrected chi connectivity index (χ1v) is 7.73. The lowest BCUT2D eigenvalue weighted by Gasteiger charge is -2.31. The van der Waals surface area contributed by atoms with Crippen molar-refractivity contribution >= 4 is 28.4 Å². The molecule has 3 rings (SSSR count). The first kappa shape index (κ1) is 15.3. The minimum Gasteiger partial charge on any atom is -0.381 e. The van der Waals surface area contributed by atoms with Crippen molar-refractivity contribution in [3.8, 4) is 0 Å². The number of halogens is 1. The molecule has 0 atom stereocenters. The van der Waals surface area contributed by atoms with Crippen molar-refractivity contribution in [3.05, 3.63) is 34.5 Å². The second kappa shape index (κ2) is 6.28. The van der Waals surface area contributed by atoms with E-state index in [1.807, 2.05) is 25.1 Å². The molecule has 22 heavy (non-hydrogen) atoms. The molecule has 1 aromatic carbocycles. The fourth-order valence-corrected chi connectivity index (χ4v) is 3.12. The molecule has 1 aromatic heterocycles. The number of fused-ring (bicyclic) bond motifs is 1. The monoisotopic (exact) mass is 322 g/mol. The third-order valence-electron chi connectivity index (χ3n) is 4.15. The Morgan fingerprint density at radius 1 is 1.41 bits per heavy atom. The highest BCUT2D eigenvalue weighted by Gasteiger charge is 2.29. The van der Waals surface area contributed by atoms with Gasteiger partial charge in [0.15, 0.2) is 0 Å². The van der Waals surface area contributed by atoms with Gasteiger partial charge in [0.25, 0.3) is 5.91 Å². The molecular formula is C16H19ClN2O3. The predicted molar refractivity (Wildman–Crippen MR) is 85.1 cm³/mol. The molecule has 5 nitrogen and oxygen atoms in total. The molecule has 0 radical (unpaired) electrons. The van der Waals surface area contributed by atoms with Gasteiger partial charge in [0, 0.05) is 29.1 Å². The molecule has 0 spiro atoms. The summed E-state index contributed by atoms with van der Waals surface area (Å²) < 4.78 is 5.35. The third-order valence-corrected chi connectivity index (χ3v) is 4.39. The lowest BCUT2D eigenvalue weighted by molar-refractivity contribution is -0.141. The number of carbonyl (C=O) groups excluding carboxylic acids is 1. The topological polar surface area (TPSA) is 54.6 Å². The molecule has 1 saturated heterocycles. The number of aromatic nitrogens is 1. The SMILES string of the molecule is CON(C(=O)c1[nH]c2cc(Cl)ccc2c1C)C1CCOCC1. The quantitative estimate of drug-likeness (QED) is 0.882. The minimum absolute atomic E-state index is 0.0423. The Kier molecular flexibility index (Phi) is 4.38. The van der Waals surface area contributed by atoms with Gasteiger partial charge < -0.3 is 9.72 Å². The smallest absolute Gasteiger partial charge is 0.294 e. The van der Waals surface area contributed by atoms with Crippen LogP contribution in [0.4, 0.5) is 0 Å². The van der Waals surface area contributed by atoms with Gasteiger partial charge in [-0.15, -0.1) is 0 Å². The molecular weight excluding hydrogens is 304 g/mol. The van der Waals surface area contributed by atoms with Gasteiger partial charge in [-0.05, 0) is 37.5 Å². The third kappa shape index (κ3) is 2.72. The summed E-state index contributed by atoms with van der Waals surface area (Å²) in [5, 5.41) is 3.10. The van der Waals surface area contributed by atoms with Gasteiger partial charge in [-0.2, -0.15) is 0 Å². The summed E-state index contributed by atoms with van der Waals surface area (Å²) in [6, 6.07) is 5.62. The number of hydrogen-bond acceptors (Lipinski definition) is 3. The fraction of sp³-hybridized carbons (Fsp3) is 0.438. The number of benzene rings is 1.